The number of hydrogen-bond donors (Lipinski definition) is 1. The fraction of sp³-hybridized carbons (Fsp3) is 0.407. The Morgan fingerprint density at radius 2 is 1.86 bits per heavy atom. The molecule has 0 saturated carbocycles. The second kappa shape index (κ2) is 11.4. The number of fused-ring (bicyclic) bond motifs is 1. The van der Waals surface area contributed by atoms with Gasteiger partial charge in [-0.1, -0.05) is 81.1 Å². The van der Waals surface area contributed by atoms with Gasteiger partial charge in [0.25, 0.3) is 0 Å². The van der Waals surface area contributed by atoms with Gasteiger partial charge in [0.15, 0.2) is 22.2 Å². The monoisotopic (exact) mass is 523 g/mol. The number of nitrogens with zero attached hydrogens (tertiary/aromatic N) is 4. The number of aryl methyl sites for hydroxylation is 1. The first-order valence-corrected chi connectivity index (χ1v) is 14.0. The summed E-state index contributed by atoms with van der Waals surface area (Å²) in [5.41, 5.74) is 3.19. The Bertz CT molecular complexity index is 1350. The number of carbonyl (C=O) groups excluding carboxylic acids is 1. The summed E-state index contributed by atoms with van der Waals surface area (Å²) in [4.78, 5) is 17.3. The van der Waals surface area contributed by atoms with Gasteiger partial charge in [0.2, 0.25) is 5.91 Å². The molecule has 1 unspecified atom stereocenters. The molecular formula is C27H33N5O2S2. The molecule has 0 saturated heterocycles. The van der Waals surface area contributed by atoms with E-state index in [9.17, 15) is 4.79 Å². The van der Waals surface area contributed by atoms with Gasteiger partial charge in [0, 0.05) is 6.54 Å². The van der Waals surface area contributed by atoms with E-state index in [4.69, 9.17) is 4.74 Å². The molecule has 36 heavy (non-hydrogen) atoms. The van der Waals surface area contributed by atoms with E-state index in [1.807, 2.05) is 50.2 Å². The predicted molar refractivity (Wildman–Crippen MR) is 148 cm³/mol. The molecule has 0 aliphatic rings. The Morgan fingerprint density at radius 3 is 2.58 bits per heavy atom. The number of thiazole rings is 1. The molecule has 0 bridgehead atoms. The lowest BCUT2D eigenvalue weighted by Crippen LogP contribution is -2.17. The quantitative estimate of drug-likeness (QED) is 0.229. The summed E-state index contributed by atoms with van der Waals surface area (Å²) in [5, 5.41) is 13.1. The van der Waals surface area contributed by atoms with E-state index in [2.05, 4.69) is 58.8 Å². The smallest absolute Gasteiger partial charge is 0.236 e. The summed E-state index contributed by atoms with van der Waals surface area (Å²) in [6.07, 6.45) is -0.287. The van der Waals surface area contributed by atoms with Gasteiger partial charge < -0.3 is 14.6 Å². The van der Waals surface area contributed by atoms with Crippen molar-refractivity contribution in [3.8, 4) is 5.75 Å². The third kappa shape index (κ3) is 6.07. The molecule has 2 aromatic heterocycles. The largest absolute Gasteiger partial charge is 0.482 e. The highest BCUT2D eigenvalue weighted by Gasteiger charge is 2.22. The number of para-hydroxylation sites is 2. The molecule has 4 aromatic rings. The van der Waals surface area contributed by atoms with E-state index >= 15 is 0 Å². The minimum absolute atomic E-state index is 0.118. The molecule has 2 heterocycles. The van der Waals surface area contributed by atoms with Crippen molar-refractivity contribution in [2.45, 2.75) is 65.3 Å². The molecule has 1 amide bonds. The molecule has 1 N–H and O–H groups in total. The van der Waals surface area contributed by atoms with Gasteiger partial charge in [-0.25, -0.2) is 4.98 Å². The predicted octanol–water partition coefficient (Wildman–Crippen LogP) is 6.85. The van der Waals surface area contributed by atoms with E-state index in [0.717, 1.165) is 39.5 Å². The summed E-state index contributed by atoms with van der Waals surface area (Å²) >= 11 is 2.86. The van der Waals surface area contributed by atoms with Crippen LogP contribution < -0.4 is 10.1 Å². The number of aromatic nitrogens is 4. The number of amides is 1. The molecule has 2 aromatic carbocycles. The van der Waals surface area contributed by atoms with E-state index in [-0.39, 0.29) is 17.8 Å². The molecule has 4 rings (SSSR count). The maximum absolute atomic E-state index is 12.7. The highest BCUT2D eigenvalue weighted by Crippen LogP contribution is 2.31. The number of benzene rings is 2. The first kappa shape index (κ1) is 26.2. The van der Waals surface area contributed by atoms with Crippen molar-refractivity contribution >= 4 is 44.4 Å². The van der Waals surface area contributed by atoms with Crippen LogP contribution >= 0.6 is 23.1 Å². The first-order valence-electron chi connectivity index (χ1n) is 12.2. The Kier molecular flexibility index (Phi) is 8.31. The van der Waals surface area contributed by atoms with Crippen LogP contribution in [0.25, 0.3) is 10.2 Å². The molecule has 0 aliphatic carbocycles. The van der Waals surface area contributed by atoms with Gasteiger partial charge in [-0.2, -0.15) is 0 Å². The lowest BCUT2D eigenvalue weighted by Gasteiger charge is -2.20. The van der Waals surface area contributed by atoms with E-state index < -0.39 is 0 Å². The van der Waals surface area contributed by atoms with Crippen LogP contribution in [-0.4, -0.2) is 31.4 Å². The maximum atomic E-state index is 12.7. The van der Waals surface area contributed by atoms with Crippen molar-refractivity contribution in [1.82, 2.24) is 19.7 Å². The Hall–Kier alpha value is -2.91. The molecule has 0 fully saturated rings. The third-order valence-electron chi connectivity index (χ3n) is 5.70. The fourth-order valence-corrected chi connectivity index (χ4v) is 5.69. The van der Waals surface area contributed by atoms with Crippen LogP contribution in [0.1, 0.15) is 63.6 Å². The highest BCUT2D eigenvalue weighted by atomic mass is 32.2. The summed E-state index contributed by atoms with van der Waals surface area (Å²) < 4.78 is 9.49. The molecule has 7 nitrogen and oxygen atoms in total. The summed E-state index contributed by atoms with van der Waals surface area (Å²) in [6, 6.07) is 14.2. The fourth-order valence-electron chi connectivity index (χ4n) is 3.98. The van der Waals surface area contributed by atoms with Crippen LogP contribution in [0.3, 0.4) is 0 Å². The van der Waals surface area contributed by atoms with Crippen LogP contribution in [0.5, 0.6) is 5.75 Å². The van der Waals surface area contributed by atoms with Gasteiger partial charge in [-0.15, -0.1) is 10.2 Å². The third-order valence-corrected chi connectivity index (χ3v) is 7.60. The van der Waals surface area contributed by atoms with E-state index in [0.29, 0.717) is 22.1 Å². The topological polar surface area (TPSA) is 81.9 Å². The number of hydrogen-bond acceptors (Lipinski definition) is 7. The van der Waals surface area contributed by atoms with Crippen molar-refractivity contribution in [3.05, 3.63) is 59.4 Å². The summed E-state index contributed by atoms with van der Waals surface area (Å²) in [6.45, 7) is 13.4. The zero-order chi connectivity index (χ0) is 25.8. The summed E-state index contributed by atoms with van der Waals surface area (Å²) in [7, 11) is 0. The van der Waals surface area contributed by atoms with Crippen molar-refractivity contribution in [2.24, 2.45) is 5.92 Å². The van der Waals surface area contributed by atoms with Crippen molar-refractivity contribution in [2.75, 3.05) is 11.1 Å². The van der Waals surface area contributed by atoms with Crippen LogP contribution in [0.2, 0.25) is 0 Å². The van der Waals surface area contributed by atoms with Crippen LogP contribution in [0, 0.1) is 12.8 Å². The Labute approximate surface area is 220 Å². The molecule has 190 valence electrons. The summed E-state index contributed by atoms with van der Waals surface area (Å²) in [5.74, 6) is 2.45. The van der Waals surface area contributed by atoms with Crippen LogP contribution in [-0.2, 0) is 11.3 Å². The van der Waals surface area contributed by atoms with Crippen LogP contribution in [0.4, 0.5) is 5.13 Å². The number of carbonyl (C=O) groups is 1. The van der Waals surface area contributed by atoms with Crippen molar-refractivity contribution < 1.29 is 9.53 Å². The van der Waals surface area contributed by atoms with Gasteiger partial charge >= 0.3 is 0 Å². The zero-order valence-corrected chi connectivity index (χ0v) is 23.2. The molecule has 1 atom stereocenters. The molecule has 9 heteroatoms. The Morgan fingerprint density at radius 1 is 1.08 bits per heavy atom. The second-order valence-electron chi connectivity index (χ2n) is 9.58. The minimum atomic E-state index is -0.287. The lowest BCUT2D eigenvalue weighted by molar-refractivity contribution is -0.113. The SMILES string of the molecule is Cc1cccc2sc(NC(=O)CSc3nnc(C(C)Oc4ccccc4C(C)C)n3CC(C)C)nc12. The van der Waals surface area contributed by atoms with Gasteiger partial charge in [-0.05, 0) is 48.9 Å². The number of ether oxygens (including phenoxy) is 1. The van der Waals surface area contributed by atoms with Crippen LogP contribution in [0.15, 0.2) is 47.6 Å². The normalized spacial score (nSPS) is 12.4. The average Bonchev–Trinajstić information content (AvgIpc) is 3.42. The van der Waals surface area contributed by atoms with Gasteiger partial charge in [0.05, 0.1) is 16.0 Å². The molecule has 0 spiro atoms. The minimum Gasteiger partial charge on any atom is -0.482 e. The van der Waals surface area contributed by atoms with Gasteiger partial charge in [0.1, 0.15) is 5.75 Å². The Balaban J connectivity index is 1.47. The average molecular weight is 524 g/mol. The number of nitrogens with one attached hydrogen (secondary N) is 1. The molecule has 0 radical (unpaired) electrons. The molecule has 0 aliphatic heterocycles. The van der Waals surface area contributed by atoms with Gasteiger partial charge in [-0.3, -0.25) is 4.79 Å². The first-order chi connectivity index (χ1) is 17.2. The maximum Gasteiger partial charge on any atom is 0.236 e. The second-order valence-corrected chi connectivity index (χ2v) is 11.5. The number of thioether (sulfide) groups is 1. The van der Waals surface area contributed by atoms with Crippen molar-refractivity contribution in [3.63, 3.8) is 0 Å². The number of rotatable bonds is 10. The standard InChI is InChI=1S/C27H33N5O2S2/c1-16(2)14-32-25(19(6)34-21-12-8-7-11-20(21)17(3)4)30-31-27(32)35-15-23(33)28-26-29-24-18(5)10-9-13-22(24)36-26/h7-13,16-17,19H,14-15H2,1-6H3,(H,28,29,33). The highest BCUT2D eigenvalue weighted by molar-refractivity contribution is 7.99. The van der Waals surface area contributed by atoms with E-state index in [1.54, 1.807) is 0 Å². The van der Waals surface area contributed by atoms with Crippen molar-refractivity contribution in [1.29, 1.82) is 0 Å². The van der Waals surface area contributed by atoms with E-state index in [1.165, 1.54) is 23.1 Å². The molecular weight excluding hydrogens is 490 g/mol. The lowest BCUT2D eigenvalue weighted by atomic mass is 10.0. The number of anilines is 1. The zero-order valence-electron chi connectivity index (χ0n) is 21.6.